The maximum atomic E-state index is 12.5. The van der Waals surface area contributed by atoms with Crippen LogP contribution in [0, 0.1) is 0 Å². The number of amides is 1. The van der Waals surface area contributed by atoms with Crippen molar-refractivity contribution in [3.05, 3.63) is 77.2 Å². The summed E-state index contributed by atoms with van der Waals surface area (Å²) in [4.78, 5) is 21.0. The van der Waals surface area contributed by atoms with E-state index in [1.807, 2.05) is 48.1 Å². The van der Waals surface area contributed by atoms with Gasteiger partial charge in [-0.1, -0.05) is 11.2 Å². The van der Waals surface area contributed by atoms with E-state index in [4.69, 9.17) is 4.52 Å². The van der Waals surface area contributed by atoms with Crippen LogP contribution in [-0.2, 0) is 11.2 Å². The Morgan fingerprint density at radius 3 is 2.86 bits per heavy atom. The molecule has 0 aliphatic heterocycles. The molecule has 28 heavy (non-hydrogen) atoms. The molecule has 0 aromatic carbocycles. The van der Waals surface area contributed by atoms with Crippen LogP contribution >= 0.6 is 11.3 Å². The van der Waals surface area contributed by atoms with Crippen LogP contribution in [0.4, 0.5) is 0 Å². The zero-order valence-corrected chi connectivity index (χ0v) is 15.9. The molecule has 0 saturated heterocycles. The summed E-state index contributed by atoms with van der Waals surface area (Å²) in [5.41, 5.74) is 1.79. The molecule has 4 aromatic rings. The summed E-state index contributed by atoms with van der Waals surface area (Å²) in [6, 6.07) is 11.5. The summed E-state index contributed by atoms with van der Waals surface area (Å²) in [5, 5.41) is 11.0. The Kier molecular flexibility index (Phi) is 5.58. The summed E-state index contributed by atoms with van der Waals surface area (Å²) in [6.45, 7) is 0.435. The number of carbonyl (C=O) groups is 1. The molecule has 0 aliphatic rings. The summed E-state index contributed by atoms with van der Waals surface area (Å²) in [5.74, 6) is 0.905. The summed E-state index contributed by atoms with van der Waals surface area (Å²) in [6.07, 6.45) is 6.48. The Morgan fingerprint density at radius 2 is 2.11 bits per heavy atom. The number of hydrogen-bond donors (Lipinski definition) is 1. The van der Waals surface area contributed by atoms with Crippen molar-refractivity contribution in [3.8, 4) is 11.5 Å². The van der Waals surface area contributed by atoms with E-state index in [9.17, 15) is 4.79 Å². The largest absolute Gasteiger partial charge is 0.356 e. The van der Waals surface area contributed by atoms with Crippen molar-refractivity contribution in [2.45, 2.75) is 18.9 Å². The molecule has 0 aliphatic carbocycles. The molecule has 1 atom stereocenters. The second-order valence-electron chi connectivity index (χ2n) is 6.23. The van der Waals surface area contributed by atoms with Gasteiger partial charge in [-0.2, -0.15) is 16.3 Å². The molecule has 7 nitrogen and oxygen atoms in total. The fraction of sp³-hybridized carbons (Fsp3) is 0.200. The lowest BCUT2D eigenvalue weighted by Gasteiger charge is -2.17. The van der Waals surface area contributed by atoms with E-state index in [0.29, 0.717) is 36.8 Å². The highest BCUT2D eigenvalue weighted by Crippen LogP contribution is 2.24. The monoisotopic (exact) mass is 393 g/mol. The zero-order chi connectivity index (χ0) is 19.2. The topological polar surface area (TPSA) is 85.8 Å². The van der Waals surface area contributed by atoms with Crippen molar-refractivity contribution in [3.63, 3.8) is 0 Å². The van der Waals surface area contributed by atoms with Crippen molar-refractivity contribution in [2.24, 2.45) is 0 Å². The number of thiophene rings is 1. The second kappa shape index (κ2) is 8.62. The fourth-order valence-electron chi connectivity index (χ4n) is 2.93. The molecule has 1 N–H and O–H groups in total. The zero-order valence-electron chi connectivity index (χ0n) is 15.1. The Morgan fingerprint density at radius 1 is 1.21 bits per heavy atom. The van der Waals surface area contributed by atoms with Crippen molar-refractivity contribution in [1.29, 1.82) is 0 Å². The molecule has 0 spiro atoms. The van der Waals surface area contributed by atoms with E-state index in [0.717, 1.165) is 5.56 Å². The molecule has 4 heterocycles. The number of hydrogen-bond acceptors (Lipinski definition) is 6. The summed E-state index contributed by atoms with van der Waals surface area (Å²) < 4.78 is 7.30. The van der Waals surface area contributed by atoms with Crippen LogP contribution in [0.15, 0.2) is 70.3 Å². The van der Waals surface area contributed by atoms with E-state index in [1.54, 1.807) is 17.5 Å². The van der Waals surface area contributed by atoms with Crippen LogP contribution in [0.3, 0.4) is 0 Å². The molecule has 4 rings (SSSR count). The van der Waals surface area contributed by atoms with Crippen molar-refractivity contribution in [2.75, 3.05) is 6.54 Å². The van der Waals surface area contributed by atoms with Gasteiger partial charge in [0.25, 0.3) is 0 Å². The predicted molar refractivity (Wildman–Crippen MR) is 106 cm³/mol. The van der Waals surface area contributed by atoms with E-state index < -0.39 is 0 Å². The van der Waals surface area contributed by atoms with E-state index >= 15 is 0 Å². The van der Waals surface area contributed by atoms with Crippen LogP contribution in [0.1, 0.15) is 23.9 Å². The van der Waals surface area contributed by atoms with Gasteiger partial charge in [0.2, 0.25) is 17.6 Å². The number of pyridine rings is 1. The van der Waals surface area contributed by atoms with Crippen LogP contribution in [0.5, 0.6) is 0 Å². The normalized spacial score (nSPS) is 12.0. The molecule has 0 fully saturated rings. The van der Waals surface area contributed by atoms with Gasteiger partial charge in [-0.3, -0.25) is 9.78 Å². The van der Waals surface area contributed by atoms with E-state index in [2.05, 4.69) is 36.5 Å². The average Bonchev–Trinajstić information content (AvgIpc) is 3.49. The third-order valence-electron chi connectivity index (χ3n) is 4.32. The SMILES string of the molecule is O=C(C[C@H](c1ccsc1)n1cccc1)NCCc1nc(-c2ccccn2)no1. The molecule has 0 unspecified atom stereocenters. The second-order valence-corrected chi connectivity index (χ2v) is 7.01. The van der Waals surface area contributed by atoms with Crippen LogP contribution < -0.4 is 5.32 Å². The van der Waals surface area contributed by atoms with Gasteiger partial charge in [-0.15, -0.1) is 0 Å². The standard InChI is InChI=1S/C20H19N5O2S/c26-18(13-17(15-7-12-28-14-15)25-10-3-4-11-25)22-9-6-19-23-20(24-27-19)16-5-1-2-8-21-16/h1-5,7-8,10-12,14,17H,6,9,13H2,(H,22,26)/t17-/m1/s1. The van der Waals surface area contributed by atoms with Crippen molar-refractivity contribution >= 4 is 17.2 Å². The minimum absolute atomic E-state index is 0.0135. The first-order chi connectivity index (χ1) is 13.8. The highest BCUT2D eigenvalue weighted by atomic mass is 32.1. The Labute approximate surface area is 166 Å². The Hall–Kier alpha value is -3.26. The van der Waals surface area contributed by atoms with E-state index in [-0.39, 0.29) is 11.9 Å². The van der Waals surface area contributed by atoms with Crippen molar-refractivity contribution in [1.82, 2.24) is 25.0 Å². The van der Waals surface area contributed by atoms with Crippen LogP contribution in [0.2, 0.25) is 0 Å². The molecular formula is C20H19N5O2S. The Bertz CT molecular complexity index is 962. The molecule has 0 radical (unpaired) electrons. The van der Waals surface area contributed by atoms with Crippen molar-refractivity contribution < 1.29 is 9.32 Å². The average molecular weight is 393 g/mol. The van der Waals surface area contributed by atoms with Gasteiger partial charge >= 0.3 is 0 Å². The van der Waals surface area contributed by atoms with Gasteiger partial charge in [0, 0.05) is 31.6 Å². The number of nitrogens with one attached hydrogen (secondary N) is 1. The highest BCUT2D eigenvalue weighted by molar-refractivity contribution is 7.08. The van der Waals surface area contributed by atoms with E-state index in [1.165, 1.54) is 0 Å². The molecule has 4 aromatic heterocycles. The lowest BCUT2D eigenvalue weighted by Crippen LogP contribution is -2.28. The maximum absolute atomic E-state index is 12.5. The lowest BCUT2D eigenvalue weighted by atomic mass is 10.1. The van der Waals surface area contributed by atoms with Crippen LogP contribution in [0.25, 0.3) is 11.5 Å². The smallest absolute Gasteiger partial charge is 0.228 e. The molecular weight excluding hydrogens is 374 g/mol. The molecule has 0 bridgehead atoms. The van der Waals surface area contributed by atoms with Crippen LogP contribution in [-0.4, -0.2) is 32.1 Å². The third-order valence-corrected chi connectivity index (χ3v) is 5.02. The number of nitrogens with zero attached hydrogens (tertiary/aromatic N) is 4. The highest BCUT2D eigenvalue weighted by Gasteiger charge is 2.18. The van der Waals surface area contributed by atoms with Gasteiger partial charge in [0.15, 0.2) is 0 Å². The molecule has 0 saturated carbocycles. The molecule has 8 heteroatoms. The molecule has 1 amide bonds. The first-order valence-corrected chi connectivity index (χ1v) is 9.89. The number of rotatable bonds is 8. The first-order valence-electron chi connectivity index (χ1n) is 8.95. The minimum Gasteiger partial charge on any atom is -0.356 e. The first kappa shape index (κ1) is 18.1. The lowest BCUT2D eigenvalue weighted by molar-refractivity contribution is -0.121. The predicted octanol–water partition coefficient (Wildman–Crippen LogP) is 3.33. The Balaban J connectivity index is 1.31. The summed E-state index contributed by atoms with van der Waals surface area (Å²) in [7, 11) is 0. The number of carbonyl (C=O) groups excluding carboxylic acids is 1. The third kappa shape index (κ3) is 4.34. The van der Waals surface area contributed by atoms with Gasteiger partial charge in [0.1, 0.15) is 5.69 Å². The molecule has 142 valence electrons. The number of aromatic nitrogens is 4. The van der Waals surface area contributed by atoms with Gasteiger partial charge < -0.3 is 14.4 Å². The van der Waals surface area contributed by atoms with Gasteiger partial charge in [-0.25, -0.2) is 0 Å². The van der Waals surface area contributed by atoms with Gasteiger partial charge in [0.05, 0.1) is 12.5 Å². The maximum Gasteiger partial charge on any atom is 0.228 e. The quantitative estimate of drug-likeness (QED) is 0.496. The summed E-state index contributed by atoms with van der Waals surface area (Å²) >= 11 is 1.63. The fourth-order valence-corrected chi connectivity index (χ4v) is 3.63. The van der Waals surface area contributed by atoms with Gasteiger partial charge in [-0.05, 0) is 46.7 Å². The minimum atomic E-state index is -0.0191.